The highest BCUT2D eigenvalue weighted by atomic mass is 16.5. The minimum atomic E-state index is 0.343. The number of hydrogen-bond donors (Lipinski definition) is 1. The molecule has 8 nitrogen and oxygen atoms in total. The van der Waals surface area contributed by atoms with Crippen LogP contribution in [0, 0.1) is 0 Å². The molecule has 1 aromatic carbocycles. The highest BCUT2D eigenvalue weighted by Crippen LogP contribution is 2.29. The second-order valence-electron chi connectivity index (χ2n) is 6.73. The predicted octanol–water partition coefficient (Wildman–Crippen LogP) is 2.83. The maximum absolute atomic E-state index is 5.98. The van der Waals surface area contributed by atoms with Crippen molar-refractivity contribution < 1.29 is 9.47 Å². The molecule has 0 aliphatic carbocycles. The number of anilines is 1. The molecule has 0 radical (unpaired) electrons. The molecular formula is C21H20N6O2. The minimum absolute atomic E-state index is 0.343. The summed E-state index contributed by atoms with van der Waals surface area (Å²) in [5.74, 6) is 1.95. The summed E-state index contributed by atoms with van der Waals surface area (Å²) in [6, 6.07) is 13.6. The van der Waals surface area contributed by atoms with E-state index in [9.17, 15) is 0 Å². The molecule has 1 N–H and O–H groups in total. The monoisotopic (exact) mass is 388 g/mol. The molecule has 29 heavy (non-hydrogen) atoms. The van der Waals surface area contributed by atoms with Gasteiger partial charge in [-0.05, 0) is 18.2 Å². The quantitative estimate of drug-likeness (QED) is 0.562. The van der Waals surface area contributed by atoms with Crippen LogP contribution in [0.15, 0.2) is 54.9 Å². The summed E-state index contributed by atoms with van der Waals surface area (Å²) in [7, 11) is 0. The van der Waals surface area contributed by atoms with Crippen molar-refractivity contribution in [2.24, 2.45) is 0 Å². The molecule has 0 spiro atoms. The van der Waals surface area contributed by atoms with Crippen LogP contribution in [-0.2, 0) is 11.3 Å². The van der Waals surface area contributed by atoms with Crippen molar-refractivity contribution in [2.75, 3.05) is 31.2 Å². The van der Waals surface area contributed by atoms with E-state index < -0.39 is 0 Å². The largest absolute Gasteiger partial charge is 0.471 e. The Balaban J connectivity index is 1.53. The number of ether oxygens (including phenoxy) is 2. The second-order valence-corrected chi connectivity index (χ2v) is 6.73. The Labute approximate surface area is 167 Å². The first-order valence-corrected chi connectivity index (χ1v) is 9.54. The number of nitrogens with zero attached hydrogens (tertiary/aromatic N) is 5. The number of hydrogen-bond acceptors (Lipinski definition) is 7. The molecule has 0 saturated carbocycles. The normalized spacial score (nSPS) is 14.3. The van der Waals surface area contributed by atoms with E-state index in [-0.39, 0.29) is 0 Å². The second kappa shape index (κ2) is 7.84. The molecule has 146 valence electrons. The Morgan fingerprint density at radius 3 is 2.86 bits per heavy atom. The Hall–Kier alpha value is -3.52. The van der Waals surface area contributed by atoms with Gasteiger partial charge in [-0.2, -0.15) is 10.1 Å². The van der Waals surface area contributed by atoms with Crippen LogP contribution in [0.25, 0.3) is 22.3 Å². The zero-order chi connectivity index (χ0) is 19.5. The lowest BCUT2D eigenvalue weighted by molar-refractivity contribution is 0.122. The highest BCUT2D eigenvalue weighted by molar-refractivity contribution is 5.92. The van der Waals surface area contributed by atoms with Gasteiger partial charge < -0.3 is 14.4 Å². The van der Waals surface area contributed by atoms with E-state index in [1.807, 2.05) is 42.5 Å². The Bertz CT molecular complexity index is 1110. The first-order chi connectivity index (χ1) is 14.4. The number of pyridine rings is 1. The average Bonchev–Trinajstić information content (AvgIpc) is 3.28. The minimum Gasteiger partial charge on any atom is -0.471 e. The summed E-state index contributed by atoms with van der Waals surface area (Å²) in [5.41, 5.74) is 2.70. The standard InChI is InChI=1S/C21H20N6O2/c1-2-7-22-15(4-1)14-29-20-12-19(27-8-10-28-11-9-27)24-21(25-20)16-5-3-6-18-17(16)13-23-26-18/h1-7,12-13H,8-11,14H2,(H,23,26). The van der Waals surface area contributed by atoms with Gasteiger partial charge in [-0.1, -0.05) is 18.2 Å². The van der Waals surface area contributed by atoms with Crippen LogP contribution in [0.3, 0.4) is 0 Å². The van der Waals surface area contributed by atoms with E-state index in [0.29, 0.717) is 31.5 Å². The van der Waals surface area contributed by atoms with Crippen molar-refractivity contribution in [1.29, 1.82) is 0 Å². The van der Waals surface area contributed by atoms with Gasteiger partial charge in [0, 0.05) is 36.3 Å². The van der Waals surface area contributed by atoms with Crippen molar-refractivity contribution in [3.63, 3.8) is 0 Å². The molecule has 0 unspecified atom stereocenters. The van der Waals surface area contributed by atoms with E-state index in [1.54, 1.807) is 12.4 Å². The third kappa shape index (κ3) is 3.74. The number of aromatic nitrogens is 5. The molecule has 0 bridgehead atoms. The van der Waals surface area contributed by atoms with Gasteiger partial charge in [0.2, 0.25) is 5.88 Å². The van der Waals surface area contributed by atoms with Crippen LogP contribution in [-0.4, -0.2) is 51.5 Å². The van der Waals surface area contributed by atoms with E-state index in [1.165, 1.54) is 0 Å². The van der Waals surface area contributed by atoms with Crippen LogP contribution in [0.5, 0.6) is 5.88 Å². The lowest BCUT2D eigenvalue weighted by Crippen LogP contribution is -2.36. The predicted molar refractivity (Wildman–Crippen MR) is 109 cm³/mol. The molecule has 8 heteroatoms. The molecule has 1 aliphatic heterocycles. The molecule has 1 aliphatic rings. The maximum atomic E-state index is 5.98. The summed E-state index contributed by atoms with van der Waals surface area (Å²) >= 11 is 0. The van der Waals surface area contributed by atoms with Gasteiger partial charge in [0.25, 0.3) is 0 Å². The smallest absolute Gasteiger partial charge is 0.219 e. The van der Waals surface area contributed by atoms with E-state index in [4.69, 9.17) is 14.5 Å². The topological polar surface area (TPSA) is 89.0 Å². The fourth-order valence-electron chi connectivity index (χ4n) is 3.36. The average molecular weight is 388 g/mol. The van der Waals surface area contributed by atoms with Gasteiger partial charge in [-0.15, -0.1) is 0 Å². The van der Waals surface area contributed by atoms with Crippen molar-refractivity contribution in [3.8, 4) is 17.3 Å². The SMILES string of the molecule is c1ccc(COc2cc(N3CCOCC3)nc(-c3cccc4[nH]ncc34)n2)nc1. The van der Waals surface area contributed by atoms with Crippen LogP contribution < -0.4 is 9.64 Å². The molecular weight excluding hydrogens is 368 g/mol. The number of fused-ring (bicyclic) bond motifs is 1. The highest BCUT2D eigenvalue weighted by Gasteiger charge is 2.17. The van der Waals surface area contributed by atoms with Crippen molar-refractivity contribution in [1.82, 2.24) is 25.1 Å². The van der Waals surface area contributed by atoms with Gasteiger partial charge in [-0.3, -0.25) is 10.1 Å². The number of benzene rings is 1. The van der Waals surface area contributed by atoms with Crippen LogP contribution in [0.1, 0.15) is 5.69 Å². The summed E-state index contributed by atoms with van der Waals surface area (Å²) in [6.45, 7) is 3.27. The molecule has 5 rings (SSSR count). The summed E-state index contributed by atoms with van der Waals surface area (Å²) < 4.78 is 11.5. The molecule has 4 aromatic rings. The number of aromatic amines is 1. The van der Waals surface area contributed by atoms with E-state index in [0.717, 1.165) is 41.1 Å². The fraction of sp³-hybridized carbons (Fsp3) is 0.238. The van der Waals surface area contributed by atoms with Crippen molar-refractivity contribution in [2.45, 2.75) is 6.61 Å². The van der Waals surface area contributed by atoms with Gasteiger partial charge in [0.15, 0.2) is 5.82 Å². The number of nitrogens with one attached hydrogen (secondary N) is 1. The van der Waals surface area contributed by atoms with E-state index in [2.05, 4.69) is 25.1 Å². The zero-order valence-corrected chi connectivity index (χ0v) is 15.8. The summed E-state index contributed by atoms with van der Waals surface area (Å²) in [5, 5.41) is 8.12. The molecule has 0 atom stereocenters. The molecule has 1 fully saturated rings. The Morgan fingerprint density at radius 1 is 1.07 bits per heavy atom. The first-order valence-electron chi connectivity index (χ1n) is 9.54. The van der Waals surface area contributed by atoms with Crippen molar-refractivity contribution >= 4 is 16.7 Å². The molecule has 3 aromatic heterocycles. The lowest BCUT2D eigenvalue weighted by atomic mass is 10.1. The van der Waals surface area contributed by atoms with Crippen LogP contribution in [0.4, 0.5) is 5.82 Å². The van der Waals surface area contributed by atoms with Gasteiger partial charge in [0.1, 0.15) is 12.4 Å². The lowest BCUT2D eigenvalue weighted by Gasteiger charge is -2.28. The summed E-state index contributed by atoms with van der Waals surface area (Å²) in [6.07, 6.45) is 3.55. The maximum Gasteiger partial charge on any atom is 0.219 e. The van der Waals surface area contributed by atoms with E-state index >= 15 is 0 Å². The number of morpholine rings is 1. The summed E-state index contributed by atoms with van der Waals surface area (Å²) in [4.78, 5) is 16.0. The van der Waals surface area contributed by atoms with Crippen LogP contribution >= 0.6 is 0 Å². The van der Waals surface area contributed by atoms with Gasteiger partial charge >= 0.3 is 0 Å². The van der Waals surface area contributed by atoms with Crippen LogP contribution in [0.2, 0.25) is 0 Å². The van der Waals surface area contributed by atoms with Crippen molar-refractivity contribution in [3.05, 3.63) is 60.6 Å². The number of H-pyrrole nitrogens is 1. The third-order valence-electron chi connectivity index (χ3n) is 4.84. The Kier molecular flexibility index (Phi) is 4.75. The van der Waals surface area contributed by atoms with Gasteiger partial charge in [0.05, 0.1) is 30.6 Å². The first kappa shape index (κ1) is 17.6. The number of rotatable bonds is 5. The third-order valence-corrected chi connectivity index (χ3v) is 4.84. The zero-order valence-electron chi connectivity index (χ0n) is 15.8. The molecule has 0 amide bonds. The Morgan fingerprint density at radius 2 is 2.00 bits per heavy atom. The van der Waals surface area contributed by atoms with Gasteiger partial charge in [-0.25, -0.2) is 4.98 Å². The fourth-order valence-corrected chi connectivity index (χ4v) is 3.36. The molecule has 4 heterocycles. The molecule has 1 saturated heterocycles.